The van der Waals surface area contributed by atoms with E-state index in [2.05, 4.69) is 18.7 Å². The third kappa shape index (κ3) is 2.84. The molecular formula is C15H26ClNO. The summed E-state index contributed by atoms with van der Waals surface area (Å²) in [5.41, 5.74) is 0.181. The van der Waals surface area contributed by atoms with Gasteiger partial charge in [-0.15, -0.1) is 11.6 Å². The SMILES string of the molecule is CC1(C)CCCC1C(=O)N1CCCCCC1CCl. The lowest BCUT2D eigenvalue weighted by molar-refractivity contribution is -0.140. The molecule has 1 saturated carbocycles. The van der Waals surface area contributed by atoms with Crippen molar-refractivity contribution < 1.29 is 4.79 Å². The van der Waals surface area contributed by atoms with Gasteiger partial charge in [-0.3, -0.25) is 4.79 Å². The van der Waals surface area contributed by atoms with E-state index < -0.39 is 0 Å². The van der Waals surface area contributed by atoms with E-state index in [0.29, 0.717) is 11.8 Å². The van der Waals surface area contributed by atoms with Gasteiger partial charge in [-0.1, -0.05) is 33.1 Å². The Morgan fingerprint density at radius 1 is 1.22 bits per heavy atom. The second kappa shape index (κ2) is 5.81. The van der Waals surface area contributed by atoms with Gasteiger partial charge < -0.3 is 4.90 Å². The summed E-state index contributed by atoms with van der Waals surface area (Å²) in [4.78, 5) is 14.9. The first-order chi connectivity index (χ1) is 8.56. The van der Waals surface area contributed by atoms with Crippen molar-refractivity contribution >= 4 is 17.5 Å². The fourth-order valence-corrected chi connectivity index (χ4v) is 3.93. The van der Waals surface area contributed by atoms with Gasteiger partial charge in [0, 0.05) is 24.4 Å². The van der Waals surface area contributed by atoms with Gasteiger partial charge in [0.05, 0.1) is 0 Å². The summed E-state index contributed by atoms with van der Waals surface area (Å²) in [5.74, 6) is 1.20. The van der Waals surface area contributed by atoms with Gasteiger partial charge in [-0.2, -0.15) is 0 Å². The quantitative estimate of drug-likeness (QED) is 0.699. The normalized spacial score (nSPS) is 32.3. The first-order valence-corrected chi connectivity index (χ1v) is 7.96. The zero-order chi connectivity index (χ0) is 13.2. The Labute approximate surface area is 116 Å². The molecule has 0 radical (unpaired) electrons. The Hall–Kier alpha value is -0.240. The molecule has 0 N–H and O–H groups in total. The Balaban J connectivity index is 2.10. The largest absolute Gasteiger partial charge is 0.338 e. The number of rotatable bonds is 2. The highest BCUT2D eigenvalue weighted by Crippen LogP contribution is 2.44. The Bertz CT molecular complexity index is 303. The molecule has 0 spiro atoms. The maximum Gasteiger partial charge on any atom is 0.226 e. The average molecular weight is 272 g/mol. The minimum atomic E-state index is 0.181. The fourth-order valence-electron chi connectivity index (χ4n) is 3.61. The molecule has 2 fully saturated rings. The standard InChI is InChI=1S/C15H26ClNO/c1-15(2)9-6-8-13(15)14(18)17-10-5-3-4-7-12(17)11-16/h12-13H,3-11H2,1-2H3. The lowest BCUT2D eigenvalue weighted by Crippen LogP contribution is -2.46. The van der Waals surface area contributed by atoms with Crippen LogP contribution in [0.5, 0.6) is 0 Å². The summed E-state index contributed by atoms with van der Waals surface area (Å²) in [6, 6.07) is 0.276. The Morgan fingerprint density at radius 2 is 2.00 bits per heavy atom. The van der Waals surface area contributed by atoms with Crippen molar-refractivity contribution in [1.82, 2.24) is 4.90 Å². The molecule has 104 valence electrons. The number of hydrogen-bond donors (Lipinski definition) is 0. The van der Waals surface area contributed by atoms with Crippen LogP contribution >= 0.6 is 11.6 Å². The van der Waals surface area contributed by atoms with Gasteiger partial charge in [0.2, 0.25) is 5.91 Å². The number of carbonyl (C=O) groups is 1. The summed E-state index contributed by atoms with van der Waals surface area (Å²) < 4.78 is 0. The van der Waals surface area contributed by atoms with Crippen LogP contribution in [0.2, 0.25) is 0 Å². The van der Waals surface area contributed by atoms with Gasteiger partial charge in [0.25, 0.3) is 0 Å². The van der Waals surface area contributed by atoms with Crippen molar-refractivity contribution in [3.05, 3.63) is 0 Å². The smallest absolute Gasteiger partial charge is 0.226 e. The Morgan fingerprint density at radius 3 is 2.61 bits per heavy atom. The van der Waals surface area contributed by atoms with Crippen LogP contribution in [-0.4, -0.2) is 29.3 Å². The molecule has 2 aliphatic rings. The minimum Gasteiger partial charge on any atom is -0.338 e. The molecule has 0 aromatic carbocycles. The molecule has 2 rings (SSSR count). The lowest BCUT2D eigenvalue weighted by atomic mass is 9.81. The van der Waals surface area contributed by atoms with E-state index in [4.69, 9.17) is 11.6 Å². The van der Waals surface area contributed by atoms with E-state index in [1.807, 2.05) is 0 Å². The molecule has 2 atom stereocenters. The number of alkyl halides is 1. The maximum atomic E-state index is 12.8. The molecule has 1 aliphatic carbocycles. The molecule has 2 unspecified atom stereocenters. The molecule has 1 heterocycles. The van der Waals surface area contributed by atoms with Crippen molar-refractivity contribution in [2.75, 3.05) is 12.4 Å². The molecule has 1 saturated heterocycles. The van der Waals surface area contributed by atoms with Gasteiger partial charge in [0.15, 0.2) is 0 Å². The van der Waals surface area contributed by atoms with E-state index in [1.54, 1.807) is 0 Å². The molecular weight excluding hydrogens is 246 g/mol. The average Bonchev–Trinajstić information content (AvgIpc) is 2.56. The van der Waals surface area contributed by atoms with Crippen molar-refractivity contribution in [2.45, 2.75) is 64.8 Å². The molecule has 0 aromatic heterocycles. The summed E-state index contributed by atoms with van der Waals surface area (Å²) in [7, 11) is 0. The van der Waals surface area contributed by atoms with E-state index in [-0.39, 0.29) is 17.4 Å². The zero-order valence-electron chi connectivity index (χ0n) is 11.8. The third-order valence-corrected chi connectivity index (χ3v) is 5.25. The first kappa shape index (κ1) is 14.2. The van der Waals surface area contributed by atoms with Crippen LogP contribution < -0.4 is 0 Å². The second-order valence-corrected chi connectivity index (χ2v) is 6.93. The van der Waals surface area contributed by atoms with Crippen LogP contribution in [0.25, 0.3) is 0 Å². The van der Waals surface area contributed by atoms with Crippen LogP contribution in [0.3, 0.4) is 0 Å². The molecule has 0 aromatic rings. The van der Waals surface area contributed by atoms with Gasteiger partial charge >= 0.3 is 0 Å². The predicted octanol–water partition coefficient (Wildman–Crippen LogP) is 3.82. The number of nitrogens with zero attached hydrogens (tertiary/aromatic N) is 1. The molecule has 0 bridgehead atoms. The van der Waals surface area contributed by atoms with Crippen molar-refractivity contribution in [2.24, 2.45) is 11.3 Å². The van der Waals surface area contributed by atoms with Gasteiger partial charge in [-0.25, -0.2) is 0 Å². The van der Waals surface area contributed by atoms with Gasteiger partial charge in [0.1, 0.15) is 0 Å². The van der Waals surface area contributed by atoms with Crippen LogP contribution in [-0.2, 0) is 4.79 Å². The van der Waals surface area contributed by atoms with E-state index in [1.165, 1.54) is 25.7 Å². The highest BCUT2D eigenvalue weighted by atomic mass is 35.5. The predicted molar refractivity (Wildman–Crippen MR) is 75.8 cm³/mol. The van der Waals surface area contributed by atoms with Crippen molar-refractivity contribution in [3.8, 4) is 0 Å². The highest BCUT2D eigenvalue weighted by Gasteiger charge is 2.42. The van der Waals surface area contributed by atoms with Crippen LogP contribution in [0.15, 0.2) is 0 Å². The zero-order valence-corrected chi connectivity index (χ0v) is 12.5. The van der Waals surface area contributed by atoms with Crippen molar-refractivity contribution in [1.29, 1.82) is 0 Å². The lowest BCUT2D eigenvalue weighted by Gasteiger charge is -2.35. The number of halogens is 1. The van der Waals surface area contributed by atoms with E-state index >= 15 is 0 Å². The van der Waals surface area contributed by atoms with Crippen molar-refractivity contribution in [3.63, 3.8) is 0 Å². The minimum absolute atomic E-state index is 0.181. The maximum absolute atomic E-state index is 12.8. The van der Waals surface area contributed by atoms with Crippen LogP contribution in [0, 0.1) is 11.3 Å². The highest BCUT2D eigenvalue weighted by molar-refractivity contribution is 6.18. The summed E-state index contributed by atoms with van der Waals surface area (Å²) in [5, 5.41) is 0. The van der Waals surface area contributed by atoms with Crippen LogP contribution in [0.1, 0.15) is 58.8 Å². The molecule has 1 amide bonds. The molecule has 3 heteroatoms. The number of carbonyl (C=O) groups excluding carboxylic acids is 1. The van der Waals surface area contributed by atoms with Crippen LogP contribution in [0.4, 0.5) is 0 Å². The Kier molecular flexibility index (Phi) is 4.58. The first-order valence-electron chi connectivity index (χ1n) is 7.43. The molecule has 2 nitrogen and oxygen atoms in total. The number of amides is 1. The third-order valence-electron chi connectivity index (χ3n) is 4.89. The fraction of sp³-hybridized carbons (Fsp3) is 0.933. The number of likely N-dealkylation sites (tertiary alicyclic amines) is 1. The topological polar surface area (TPSA) is 20.3 Å². The monoisotopic (exact) mass is 271 g/mol. The summed E-state index contributed by atoms with van der Waals surface area (Å²) >= 11 is 6.08. The molecule has 1 aliphatic heterocycles. The number of hydrogen-bond acceptors (Lipinski definition) is 1. The second-order valence-electron chi connectivity index (χ2n) is 6.62. The van der Waals surface area contributed by atoms with E-state index in [9.17, 15) is 4.79 Å². The van der Waals surface area contributed by atoms with Gasteiger partial charge in [-0.05, 0) is 31.1 Å². The molecule has 18 heavy (non-hydrogen) atoms. The van der Waals surface area contributed by atoms with E-state index in [0.717, 1.165) is 25.8 Å². The summed E-state index contributed by atoms with van der Waals surface area (Å²) in [6.07, 6.45) is 8.14. The summed E-state index contributed by atoms with van der Waals surface area (Å²) in [6.45, 7) is 5.41.